The lowest BCUT2D eigenvalue weighted by Gasteiger charge is -2.08. The molecule has 0 aliphatic heterocycles. The molecule has 0 saturated carbocycles. The number of aromatic nitrogens is 1. The fraction of sp³-hybridized carbons (Fsp3) is 0.190. The van der Waals surface area contributed by atoms with E-state index in [1.807, 2.05) is 37.3 Å². The molecule has 0 unspecified atom stereocenters. The van der Waals surface area contributed by atoms with Gasteiger partial charge in [0.25, 0.3) is 5.91 Å². The maximum absolute atomic E-state index is 12.5. The molecule has 2 amide bonds. The topological polar surface area (TPSA) is 104 Å². The van der Waals surface area contributed by atoms with Gasteiger partial charge < -0.3 is 20.5 Å². The molecule has 30 heavy (non-hydrogen) atoms. The van der Waals surface area contributed by atoms with E-state index in [0.717, 1.165) is 11.3 Å². The molecule has 2 aromatic carbocycles. The van der Waals surface area contributed by atoms with Gasteiger partial charge >= 0.3 is 0 Å². The van der Waals surface area contributed by atoms with Gasteiger partial charge in [-0.25, -0.2) is 4.98 Å². The van der Waals surface area contributed by atoms with Crippen LogP contribution in [0, 0.1) is 0 Å². The van der Waals surface area contributed by atoms with E-state index >= 15 is 0 Å². The molecular formula is C21H21N3O4S2. The zero-order chi connectivity index (χ0) is 21.3. The number of primary amides is 1. The molecule has 1 aromatic heterocycles. The van der Waals surface area contributed by atoms with Crippen LogP contribution in [0.3, 0.4) is 0 Å². The van der Waals surface area contributed by atoms with Crippen molar-refractivity contribution >= 4 is 39.9 Å². The highest BCUT2D eigenvalue weighted by Gasteiger charge is 2.16. The molecule has 0 aliphatic rings. The van der Waals surface area contributed by atoms with Crippen LogP contribution < -0.4 is 20.5 Å². The summed E-state index contributed by atoms with van der Waals surface area (Å²) in [6.45, 7) is 2.35. The standard InChI is InChI=1S/C21H21N3O4S2/c1-2-27-15-8-10-16(11-9-15)28-12-18(26)23-20-19(14-6-4-3-5-7-14)24-21(30-20)29-13-17(22)25/h3-11H,2,12-13H2,1H3,(H2,22,25)(H,23,26). The monoisotopic (exact) mass is 443 g/mol. The first kappa shape index (κ1) is 21.7. The van der Waals surface area contributed by atoms with E-state index in [-0.39, 0.29) is 18.3 Å². The number of ether oxygens (including phenoxy) is 2. The average Bonchev–Trinajstić information content (AvgIpc) is 3.15. The van der Waals surface area contributed by atoms with Crippen LogP contribution in [0.25, 0.3) is 11.3 Å². The lowest BCUT2D eigenvalue weighted by Crippen LogP contribution is -2.19. The number of thioether (sulfide) groups is 1. The van der Waals surface area contributed by atoms with E-state index in [4.69, 9.17) is 15.2 Å². The number of carbonyl (C=O) groups excluding carboxylic acids is 2. The van der Waals surface area contributed by atoms with E-state index < -0.39 is 5.91 Å². The third kappa shape index (κ3) is 6.23. The molecule has 3 aromatic rings. The number of nitrogens with zero attached hydrogens (tertiary/aromatic N) is 1. The van der Waals surface area contributed by atoms with Crippen molar-refractivity contribution in [1.29, 1.82) is 0 Å². The molecule has 3 N–H and O–H groups in total. The average molecular weight is 444 g/mol. The van der Waals surface area contributed by atoms with Crippen molar-refractivity contribution in [3.05, 3.63) is 54.6 Å². The van der Waals surface area contributed by atoms with Crippen molar-refractivity contribution in [1.82, 2.24) is 4.98 Å². The van der Waals surface area contributed by atoms with Gasteiger partial charge in [-0.3, -0.25) is 9.59 Å². The van der Waals surface area contributed by atoms with Gasteiger partial charge in [0.1, 0.15) is 22.2 Å². The van der Waals surface area contributed by atoms with E-state index in [2.05, 4.69) is 10.3 Å². The first-order valence-electron chi connectivity index (χ1n) is 9.18. The first-order chi connectivity index (χ1) is 14.5. The quantitative estimate of drug-likeness (QED) is 0.462. The highest BCUT2D eigenvalue weighted by molar-refractivity contribution is 8.01. The number of benzene rings is 2. The number of hydrogen-bond acceptors (Lipinski definition) is 7. The third-order valence-electron chi connectivity index (χ3n) is 3.75. The van der Waals surface area contributed by atoms with Gasteiger partial charge in [0.2, 0.25) is 5.91 Å². The molecule has 0 fully saturated rings. The van der Waals surface area contributed by atoms with Crippen LogP contribution in [0.2, 0.25) is 0 Å². The minimum Gasteiger partial charge on any atom is -0.494 e. The number of hydrogen-bond donors (Lipinski definition) is 2. The lowest BCUT2D eigenvalue weighted by molar-refractivity contribution is -0.118. The van der Waals surface area contributed by atoms with Crippen LogP contribution in [0.15, 0.2) is 58.9 Å². The second kappa shape index (κ2) is 10.7. The Labute approximate surface area is 182 Å². The maximum Gasteiger partial charge on any atom is 0.262 e. The molecule has 0 atom stereocenters. The molecular weight excluding hydrogens is 422 g/mol. The molecule has 0 saturated heterocycles. The van der Waals surface area contributed by atoms with Gasteiger partial charge in [-0.1, -0.05) is 53.4 Å². The zero-order valence-corrected chi connectivity index (χ0v) is 17.9. The Hall–Kier alpha value is -3.04. The molecule has 0 aliphatic carbocycles. The Balaban J connectivity index is 1.67. The van der Waals surface area contributed by atoms with E-state index in [0.29, 0.717) is 27.4 Å². The Morgan fingerprint density at radius 3 is 2.37 bits per heavy atom. The van der Waals surface area contributed by atoms with Crippen LogP contribution in [0.4, 0.5) is 5.00 Å². The second-order valence-corrected chi connectivity index (χ2v) is 8.24. The largest absolute Gasteiger partial charge is 0.494 e. The molecule has 0 bridgehead atoms. The van der Waals surface area contributed by atoms with Crippen molar-refractivity contribution in [2.75, 3.05) is 24.3 Å². The van der Waals surface area contributed by atoms with Gasteiger partial charge in [0.05, 0.1) is 12.4 Å². The smallest absolute Gasteiger partial charge is 0.262 e. The van der Waals surface area contributed by atoms with E-state index in [9.17, 15) is 9.59 Å². The summed E-state index contributed by atoms with van der Waals surface area (Å²) < 4.78 is 11.6. The fourth-order valence-electron chi connectivity index (χ4n) is 2.48. The number of thiazole rings is 1. The SMILES string of the molecule is CCOc1ccc(OCC(=O)Nc2sc(SCC(N)=O)nc2-c2ccccc2)cc1. The fourth-order valence-corrected chi connectivity index (χ4v) is 4.30. The van der Waals surface area contributed by atoms with Crippen molar-refractivity contribution in [2.45, 2.75) is 11.3 Å². The molecule has 3 rings (SSSR count). The van der Waals surface area contributed by atoms with Crippen molar-refractivity contribution in [3.8, 4) is 22.8 Å². The summed E-state index contributed by atoms with van der Waals surface area (Å²) in [5.41, 5.74) is 6.72. The van der Waals surface area contributed by atoms with Crippen LogP contribution in [0.5, 0.6) is 11.5 Å². The Morgan fingerprint density at radius 2 is 1.73 bits per heavy atom. The molecule has 0 spiro atoms. The summed E-state index contributed by atoms with van der Waals surface area (Å²) in [5.74, 6) is 0.698. The normalized spacial score (nSPS) is 10.4. The highest BCUT2D eigenvalue weighted by Crippen LogP contribution is 2.37. The molecule has 9 heteroatoms. The summed E-state index contributed by atoms with van der Waals surface area (Å²) in [6, 6.07) is 16.6. The number of nitrogens with two attached hydrogens (primary N) is 1. The number of amides is 2. The Bertz CT molecular complexity index is 991. The minimum atomic E-state index is -0.425. The zero-order valence-electron chi connectivity index (χ0n) is 16.3. The Kier molecular flexibility index (Phi) is 7.69. The van der Waals surface area contributed by atoms with Crippen molar-refractivity contribution < 1.29 is 19.1 Å². The van der Waals surface area contributed by atoms with Gasteiger partial charge in [-0.05, 0) is 31.2 Å². The number of nitrogens with one attached hydrogen (secondary N) is 1. The number of carbonyl (C=O) groups is 2. The van der Waals surface area contributed by atoms with Gasteiger partial charge in [0, 0.05) is 5.56 Å². The summed E-state index contributed by atoms with van der Waals surface area (Å²) in [7, 11) is 0. The summed E-state index contributed by atoms with van der Waals surface area (Å²) in [6.07, 6.45) is 0. The van der Waals surface area contributed by atoms with Crippen LogP contribution in [-0.4, -0.2) is 35.8 Å². The van der Waals surface area contributed by atoms with Crippen LogP contribution >= 0.6 is 23.1 Å². The van der Waals surface area contributed by atoms with E-state index in [1.165, 1.54) is 23.1 Å². The van der Waals surface area contributed by atoms with Crippen molar-refractivity contribution in [3.63, 3.8) is 0 Å². The molecule has 1 heterocycles. The predicted molar refractivity (Wildman–Crippen MR) is 119 cm³/mol. The van der Waals surface area contributed by atoms with Crippen LogP contribution in [0.1, 0.15) is 6.92 Å². The second-order valence-electron chi connectivity index (χ2n) is 6.02. The summed E-state index contributed by atoms with van der Waals surface area (Å²) in [5, 5.41) is 3.45. The van der Waals surface area contributed by atoms with Gasteiger partial charge in [0.15, 0.2) is 10.9 Å². The third-order valence-corrected chi connectivity index (χ3v) is 5.89. The van der Waals surface area contributed by atoms with E-state index in [1.54, 1.807) is 24.3 Å². The predicted octanol–water partition coefficient (Wildman–Crippen LogP) is 3.80. The molecule has 156 valence electrons. The minimum absolute atomic E-state index is 0.121. The van der Waals surface area contributed by atoms with Gasteiger partial charge in [-0.2, -0.15) is 0 Å². The number of rotatable bonds is 10. The maximum atomic E-state index is 12.5. The molecule has 7 nitrogen and oxygen atoms in total. The van der Waals surface area contributed by atoms with Gasteiger partial charge in [-0.15, -0.1) is 0 Å². The summed E-state index contributed by atoms with van der Waals surface area (Å²) >= 11 is 2.53. The molecule has 0 radical (unpaired) electrons. The number of anilines is 1. The summed E-state index contributed by atoms with van der Waals surface area (Å²) in [4.78, 5) is 28.1. The Morgan fingerprint density at radius 1 is 1.07 bits per heavy atom. The highest BCUT2D eigenvalue weighted by atomic mass is 32.2. The van der Waals surface area contributed by atoms with Crippen molar-refractivity contribution in [2.24, 2.45) is 5.73 Å². The van der Waals surface area contributed by atoms with Crippen LogP contribution in [-0.2, 0) is 9.59 Å². The lowest BCUT2D eigenvalue weighted by atomic mass is 10.2. The first-order valence-corrected chi connectivity index (χ1v) is 11.0.